The lowest BCUT2D eigenvalue weighted by Crippen LogP contribution is -2.29. The van der Waals surface area contributed by atoms with E-state index in [0.29, 0.717) is 16.8 Å². The zero-order valence-corrected chi connectivity index (χ0v) is 10.8. The molecule has 4 heteroatoms. The standard InChI is InChI=1S/C12H19ClN2O/c1-4-5-9(2)15(3)12-7-6-10(13)11(8-16)14-12/h6-7,9,16H,4-5,8H2,1-3H3. The molecule has 16 heavy (non-hydrogen) atoms. The first-order valence-corrected chi connectivity index (χ1v) is 5.97. The van der Waals surface area contributed by atoms with Crippen LogP contribution in [0.1, 0.15) is 32.4 Å². The summed E-state index contributed by atoms with van der Waals surface area (Å²) in [6, 6.07) is 4.10. The van der Waals surface area contributed by atoms with Crippen LogP contribution in [0.4, 0.5) is 5.82 Å². The molecule has 0 aromatic carbocycles. The molecule has 1 aromatic heterocycles. The zero-order chi connectivity index (χ0) is 12.1. The summed E-state index contributed by atoms with van der Waals surface area (Å²) in [5.74, 6) is 0.856. The van der Waals surface area contributed by atoms with Crippen LogP contribution in [0.3, 0.4) is 0 Å². The van der Waals surface area contributed by atoms with E-state index in [-0.39, 0.29) is 6.61 Å². The number of pyridine rings is 1. The highest BCUT2D eigenvalue weighted by molar-refractivity contribution is 6.31. The van der Waals surface area contributed by atoms with Gasteiger partial charge in [-0.2, -0.15) is 0 Å². The van der Waals surface area contributed by atoms with Crippen LogP contribution in [-0.2, 0) is 6.61 Å². The third kappa shape index (κ3) is 3.09. The van der Waals surface area contributed by atoms with E-state index in [0.717, 1.165) is 18.7 Å². The number of nitrogens with zero attached hydrogens (tertiary/aromatic N) is 2. The Bertz CT molecular complexity index is 344. The average molecular weight is 243 g/mol. The molecule has 0 bridgehead atoms. The smallest absolute Gasteiger partial charge is 0.128 e. The van der Waals surface area contributed by atoms with Crippen LogP contribution in [0.15, 0.2) is 12.1 Å². The highest BCUT2D eigenvalue weighted by atomic mass is 35.5. The normalized spacial score (nSPS) is 12.6. The fraction of sp³-hybridized carbons (Fsp3) is 0.583. The number of aromatic nitrogens is 1. The lowest BCUT2D eigenvalue weighted by molar-refractivity contribution is 0.277. The van der Waals surface area contributed by atoms with E-state index in [1.54, 1.807) is 6.07 Å². The van der Waals surface area contributed by atoms with Gasteiger partial charge in [0, 0.05) is 13.1 Å². The number of hydrogen-bond acceptors (Lipinski definition) is 3. The molecule has 1 aromatic rings. The van der Waals surface area contributed by atoms with Gasteiger partial charge in [0.1, 0.15) is 5.82 Å². The highest BCUT2D eigenvalue weighted by Crippen LogP contribution is 2.20. The van der Waals surface area contributed by atoms with Crippen molar-refractivity contribution in [3.05, 3.63) is 22.8 Å². The molecule has 1 atom stereocenters. The Morgan fingerprint density at radius 2 is 2.19 bits per heavy atom. The number of halogens is 1. The van der Waals surface area contributed by atoms with Gasteiger partial charge in [-0.1, -0.05) is 24.9 Å². The predicted octanol–water partition coefficient (Wildman–Crippen LogP) is 2.85. The van der Waals surface area contributed by atoms with Crippen molar-refractivity contribution in [1.82, 2.24) is 4.98 Å². The fourth-order valence-electron chi connectivity index (χ4n) is 1.62. The monoisotopic (exact) mass is 242 g/mol. The molecule has 3 nitrogen and oxygen atoms in total. The summed E-state index contributed by atoms with van der Waals surface area (Å²) in [5, 5.41) is 9.62. The zero-order valence-electron chi connectivity index (χ0n) is 10.1. The first-order valence-electron chi connectivity index (χ1n) is 5.59. The molecule has 0 fully saturated rings. The lowest BCUT2D eigenvalue weighted by Gasteiger charge is -2.26. The van der Waals surface area contributed by atoms with Crippen molar-refractivity contribution in [3.63, 3.8) is 0 Å². The van der Waals surface area contributed by atoms with Crippen LogP contribution in [-0.4, -0.2) is 23.2 Å². The van der Waals surface area contributed by atoms with Gasteiger partial charge in [-0.25, -0.2) is 4.98 Å². The molecule has 1 unspecified atom stereocenters. The Labute approximate surface area is 102 Å². The summed E-state index contributed by atoms with van der Waals surface area (Å²) < 4.78 is 0. The lowest BCUT2D eigenvalue weighted by atomic mass is 10.2. The van der Waals surface area contributed by atoms with Crippen LogP contribution in [0.25, 0.3) is 0 Å². The minimum Gasteiger partial charge on any atom is -0.390 e. The minimum atomic E-state index is -0.122. The van der Waals surface area contributed by atoms with Crippen molar-refractivity contribution in [1.29, 1.82) is 0 Å². The Morgan fingerprint density at radius 3 is 2.75 bits per heavy atom. The molecule has 0 amide bonds. The van der Waals surface area contributed by atoms with Gasteiger partial charge in [-0.15, -0.1) is 0 Å². The molecule has 0 saturated carbocycles. The van der Waals surface area contributed by atoms with Crippen molar-refractivity contribution in [2.75, 3.05) is 11.9 Å². The van der Waals surface area contributed by atoms with Crippen LogP contribution in [0.2, 0.25) is 5.02 Å². The second-order valence-electron chi connectivity index (χ2n) is 4.00. The van der Waals surface area contributed by atoms with Crippen LogP contribution < -0.4 is 4.90 Å². The Hall–Kier alpha value is -0.800. The predicted molar refractivity (Wildman–Crippen MR) is 67.9 cm³/mol. The van der Waals surface area contributed by atoms with E-state index < -0.39 is 0 Å². The van der Waals surface area contributed by atoms with Gasteiger partial charge in [0.25, 0.3) is 0 Å². The molecule has 0 aliphatic carbocycles. The maximum atomic E-state index is 9.10. The summed E-state index contributed by atoms with van der Waals surface area (Å²) in [4.78, 5) is 6.45. The van der Waals surface area contributed by atoms with Gasteiger partial charge < -0.3 is 10.0 Å². The molecule has 1 rings (SSSR count). The third-order valence-electron chi connectivity index (χ3n) is 2.78. The van der Waals surface area contributed by atoms with Crippen molar-refractivity contribution in [3.8, 4) is 0 Å². The Kier molecular flexibility index (Phi) is 5.03. The minimum absolute atomic E-state index is 0.122. The Balaban J connectivity index is 2.87. The van der Waals surface area contributed by atoms with Crippen LogP contribution in [0, 0.1) is 0 Å². The number of hydrogen-bond donors (Lipinski definition) is 1. The first kappa shape index (κ1) is 13.3. The van der Waals surface area contributed by atoms with E-state index in [1.165, 1.54) is 0 Å². The molecule has 1 N–H and O–H groups in total. The molecular formula is C12H19ClN2O. The Morgan fingerprint density at radius 1 is 1.50 bits per heavy atom. The molecule has 0 spiro atoms. The average Bonchev–Trinajstić information content (AvgIpc) is 2.29. The molecule has 0 aliphatic rings. The van der Waals surface area contributed by atoms with Gasteiger partial charge in [-0.3, -0.25) is 0 Å². The molecule has 90 valence electrons. The maximum absolute atomic E-state index is 9.10. The second-order valence-corrected chi connectivity index (χ2v) is 4.41. The van der Waals surface area contributed by atoms with Crippen LogP contribution in [0.5, 0.6) is 0 Å². The molecular weight excluding hydrogens is 224 g/mol. The van der Waals surface area contributed by atoms with Crippen molar-refractivity contribution in [2.24, 2.45) is 0 Å². The van der Waals surface area contributed by atoms with Gasteiger partial charge in [0.05, 0.1) is 17.3 Å². The number of aliphatic hydroxyl groups is 1. The van der Waals surface area contributed by atoms with Crippen molar-refractivity contribution < 1.29 is 5.11 Å². The summed E-state index contributed by atoms with van der Waals surface area (Å²) in [5.41, 5.74) is 0.537. The van der Waals surface area contributed by atoms with Gasteiger partial charge in [0.2, 0.25) is 0 Å². The number of aliphatic hydroxyl groups excluding tert-OH is 1. The highest BCUT2D eigenvalue weighted by Gasteiger charge is 2.11. The summed E-state index contributed by atoms with van der Waals surface area (Å²) >= 11 is 5.90. The van der Waals surface area contributed by atoms with E-state index in [1.807, 2.05) is 13.1 Å². The SMILES string of the molecule is CCCC(C)N(C)c1ccc(Cl)c(CO)n1. The van der Waals surface area contributed by atoms with E-state index in [2.05, 4.69) is 23.7 Å². The van der Waals surface area contributed by atoms with Crippen molar-refractivity contribution >= 4 is 17.4 Å². The third-order valence-corrected chi connectivity index (χ3v) is 3.13. The molecule has 0 aliphatic heterocycles. The largest absolute Gasteiger partial charge is 0.390 e. The molecule has 0 radical (unpaired) electrons. The summed E-state index contributed by atoms with van der Waals surface area (Å²) in [6.07, 6.45) is 2.27. The quantitative estimate of drug-likeness (QED) is 0.863. The summed E-state index contributed by atoms with van der Waals surface area (Å²) in [6.45, 7) is 4.21. The number of anilines is 1. The summed E-state index contributed by atoms with van der Waals surface area (Å²) in [7, 11) is 2.01. The van der Waals surface area contributed by atoms with E-state index in [9.17, 15) is 0 Å². The van der Waals surface area contributed by atoms with Crippen molar-refractivity contribution in [2.45, 2.75) is 39.3 Å². The van der Waals surface area contributed by atoms with E-state index in [4.69, 9.17) is 16.7 Å². The fourth-order valence-corrected chi connectivity index (χ4v) is 1.78. The van der Waals surface area contributed by atoms with Crippen LogP contribution >= 0.6 is 11.6 Å². The van der Waals surface area contributed by atoms with E-state index >= 15 is 0 Å². The molecule has 1 heterocycles. The maximum Gasteiger partial charge on any atom is 0.128 e. The second kappa shape index (κ2) is 6.06. The topological polar surface area (TPSA) is 36.4 Å². The first-order chi connectivity index (χ1) is 7.60. The molecule has 0 saturated heterocycles. The van der Waals surface area contributed by atoms with Gasteiger partial charge >= 0.3 is 0 Å². The van der Waals surface area contributed by atoms with Gasteiger partial charge in [-0.05, 0) is 25.5 Å². The number of rotatable bonds is 5. The van der Waals surface area contributed by atoms with Gasteiger partial charge in [0.15, 0.2) is 0 Å².